The van der Waals surface area contributed by atoms with Gasteiger partial charge in [-0.3, -0.25) is 4.79 Å². The number of methoxy groups -OCH3 is 1. The van der Waals surface area contributed by atoms with Crippen LogP contribution in [0.15, 0.2) is 48.5 Å². The van der Waals surface area contributed by atoms with E-state index in [1.807, 2.05) is 42.5 Å². The molecule has 0 bridgehead atoms. The number of aryl methyl sites for hydroxylation is 1. The van der Waals surface area contributed by atoms with E-state index < -0.39 is 0 Å². The second-order valence-electron chi connectivity index (χ2n) is 5.88. The number of carbonyl (C=O) groups excluding carboxylic acids is 1. The summed E-state index contributed by atoms with van der Waals surface area (Å²) in [4.78, 5) is 16.9. The summed E-state index contributed by atoms with van der Waals surface area (Å²) in [5.74, 6) is 0.877. The number of fused-ring (bicyclic) bond motifs is 1. The normalized spacial score (nSPS) is 12.1. The van der Waals surface area contributed by atoms with Gasteiger partial charge in [0.2, 0.25) is 5.91 Å². The van der Waals surface area contributed by atoms with Crippen LogP contribution in [0.2, 0.25) is 0 Å². The lowest BCUT2D eigenvalue weighted by Crippen LogP contribution is -2.28. The van der Waals surface area contributed by atoms with Gasteiger partial charge in [0.25, 0.3) is 0 Å². The molecule has 3 rings (SSSR count). The third-order valence-corrected chi connectivity index (χ3v) is 5.26. The molecular weight excluding hydrogens is 332 g/mol. The summed E-state index contributed by atoms with van der Waals surface area (Å²) in [5.41, 5.74) is 2.10. The molecule has 1 N–H and O–H groups in total. The molecule has 1 heterocycles. The number of nitrogens with zero attached hydrogens (tertiary/aromatic N) is 1. The summed E-state index contributed by atoms with van der Waals surface area (Å²) in [6, 6.07) is 15.9. The standard InChI is InChI=1S/C20H22N2O2S/c1-3-16(14-8-10-15(24-2)11-9-14)21-19(23)12-13-20-22-17-6-4-5-7-18(17)25-20/h4-11,16H,3,12-13H2,1-2H3,(H,21,23). The van der Waals surface area contributed by atoms with Gasteiger partial charge in [-0.2, -0.15) is 0 Å². The zero-order chi connectivity index (χ0) is 17.6. The van der Waals surface area contributed by atoms with Crippen LogP contribution in [0, 0.1) is 0 Å². The predicted octanol–water partition coefficient (Wildman–Crippen LogP) is 4.51. The van der Waals surface area contributed by atoms with Gasteiger partial charge in [0.15, 0.2) is 0 Å². The first kappa shape index (κ1) is 17.4. The average molecular weight is 354 g/mol. The fraction of sp³-hybridized carbons (Fsp3) is 0.300. The molecular formula is C20H22N2O2S. The summed E-state index contributed by atoms with van der Waals surface area (Å²) >= 11 is 1.66. The zero-order valence-electron chi connectivity index (χ0n) is 14.5. The van der Waals surface area contributed by atoms with Crippen molar-refractivity contribution in [3.63, 3.8) is 0 Å². The Bertz CT molecular complexity index is 809. The first-order valence-corrected chi connectivity index (χ1v) is 9.29. The molecule has 1 unspecified atom stereocenters. The molecule has 4 nitrogen and oxygen atoms in total. The van der Waals surface area contributed by atoms with Crippen molar-refractivity contribution in [3.05, 3.63) is 59.1 Å². The van der Waals surface area contributed by atoms with E-state index in [2.05, 4.69) is 23.3 Å². The van der Waals surface area contributed by atoms with E-state index in [-0.39, 0.29) is 11.9 Å². The van der Waals surface area contributed by atoms with Crippen LogP contribution < -0.4 is 10.1 Å². The largest absolute Gasteiger partial charge is 0.497 e. The Morgan fingerprint density at radius 3 is 2.64 bits per heavy atom. The number of hydrogen-bond donors (Lipinski definition) is 1. The van der Waals surface area contributed by atoms with Crippen LogP contribution >= 0.6 is 11.3 Å². The number of para-hydroxylation sites is 1. The summed E-state index contributed by atoms with van der Waals surface area (Å²) in [6.45, 7) is 2.07. The molecule has 0 radical (unpaired) electrons. The number of hydrogen-bond acceptors (Lipinski definition) is 4. The van der Waals surface area contributed by atoms with Crippen molar-refractivity contribution in [2.24, 2.45) is 0 Å². The van der Waals surface area contributed by atoms with Crippen LogP contribution in [0.5, 0.6) is 5.75 Å². The topological polar surface area (TPSA) is 51.2 Å². The Hall–Kier alpha value is -2.40. The highest BCUT2D eigenvalue weighted by Crippen LogP contribution is 2.23. The number of nitrogens with one attached hydrogen (secondary N) is 1. The molecule has 0 saturated heterocycles. The third-order valence-electron chi connectivity index (χ3n) is 4.17. The number of carbonyl (C=O) groups is 1. The SMILES string of the molecule is CCC(NC(=O)CCc1nc2ccccc2s1)c1ccc(OC)cc1. The lowest BCUT2D eigenvalue weighted by atomic mass is 10.0. The average Bonchev–Trinajstić information content (AvgIpc) is 3.07. The molecule has 5 heteroatoms. The van der Waals surface area contributed by atoms with Crippen LogP contribution in [0.1, 0.15) is 36.4 Å². The van der Waals surface area contributed by atoms with Crippen LogP contribution in [-0.2, 0) is 11.2 Å². The maximum atomic E-state index is 12.3. The molecule has 0 fully saturated rings. The minimum Gasteiger partial charge on any atom is -0.497 e. The van der Waals surface area contributed by atoms with Crippen molar-refractivity contribution in [2.45, 2.75) is 32.2 Å². The monoisotopic (exact) mass is 354 g/mol. The van der Waals surface area contributed by atoms with Crippen molar-refractivity contribution in [1.82, 2.24) is 10.3 Å². The number of aromatic nitrogens is 1. The van der Waals surface area contributed by atoms with E-state index >= 15 is 0 Å². The molecule has 1 aromatic heterocycles. The Balaban J connectivity index is 1.58. The summed E-state index contributed by atoms with van der Waals surface area (Å²) in [6.07, 6.45) is 1.97. The first-order chi connectivity index (χ1) is 12.2. The van der Waals surface area contributed by atoms with Crippen LogP contribution in [0.3, 0.4) is 0 Å². The Morgan fingerprint density at radius 2 is 1.96 bits per heavy atom. The molecule has 0 aliphatic rings. The molecule has 3 aromatic rings. The molecule has 0 aliphatic heterocycles. The van der Waals surface area contributed by atoms with Gasteiger partial charge in [-0.15, -0.1) is 11.3 Å². The van der Waals surface area contributed by atoms with E-state index in [0.717, 1.165) is 28.3 Å². The minimum absolute atomic E-state index is 0.0220. The molecule has 1 atom stereocenters. The molecule has 2 aromatic carbocycles. The number of thiazole rings is 1. The number of amides is 1. The Labute approximate surface area is 151 Å². The van der Waals surface area contributed by atoms with Gasteiger partial charge in [0.1, 0.15) is 5.75 Å². The van der Waals surface area contributed by atoms with Gasteiger partial charge in [0.05, 0.1) is 28.4 Å². The second kappa shape index (κ2) is 8.12. The van der Waals surface area contributed by atoms with Gasteiger partial charge >= 0.3 is 0 Å². The molecule has 130 valence electrons. The minimum atomic E-state index is 0.0220. The maximum absolute atomic E-state index is 12.3. The number of rotatable bonds is 7. The van der Waals surface area contributed by atoms with E-state index in [0.29, 0.717) is 12.8 Å². The lowest BCUT2D eigenvalue weighted by molar-refractivity contribution is -0.121. The highest BCUT2D eigenvalue weighted by Gasteiger charge is 2.13. The third kappa shape index (κ3) is 4.37. The summed E-state index contributed by atoms with van der Waals surface area (Å²) in [5, 5.41) is 4.13. The fourth-order valence-corrected chi connectivity index (χ4v) is 3.74. The number of ether oxygens (including phenoxy) is 1. The summed E-state index contributed by atoms with van der Waals surface area (Å²) < 4.78 is 6.35. The molecule has 0 aliphatic carbocycles. The second-order valence-corrected chi connectivity index (χ2v) is 6.99. The van der Waals surface area contributed by atoms with Crippen molar-refractivity contribution in [1.29, 1.82) is 0 Å². The van der Waals surface area contributed by atoms with Gasteiger partial charge in [-0.25, -0.2) is 4.98 Å². The number of benzene rings is 2. The summed E-state index contributed by atoms with van der Waals surface area (Å²) in [7, 11) is 1.65. The van der Waals surface area contributed by atoms with Gasteiger partial charge in [-0.1, -0.05) is 31.2 Å². The molecule has 25 heavy (non-hydrogen) atoms. The fourth-order valence-electron chi connectivity index (χ4n) is 2.77. The van der Waals surface area contributed by atoms with Crippen molar-refractivity contribution in [3.8, 4) is 5.75 Å². The maximum Gasteiger partial charge on any atom is 0.220 e. The van der Waals surface area contributed by atoms with E-state index in [1.54, 1.807) is 18.4 Å². The van der Waals surface area contributed by atoms with Crippen molar-refractivity contribution in [2.75, 3.05) is 7.11 Å². The van der Waals surface area contributed by atoms with Gasteiger partial charge in [0, 0.05) is 12.8 Å². The highest BCUT2D eigenvalue weighted by atomic mass is 32.1. The Morgan fingerprint density at radius 1 is 1.20 bits per heavy atom. The predicted molar refractivity (Wildman–Crippen MR) is 102 cm³/mol. The highest BCUT2D eigenvalue weighted by molar-refractivity contribution is 7.18. The Kier molecular flexibility index (Phi) is 5.66. The van der Waals surface area contributed by atoms with Crippen molar-refractivity contribution >= 4 is 27.5 Å². The van der Waals surface area contributed by atoms with Gasteiger partial charge < -0.3 is 10.1 Å². The quantitative estimate of drug-likeness (QED) is 0.679. The van der Waals surface area contributed by atoms with Gasteiger partial charge in [-0.05, 0) is 36.2 Å². The zero-order valence-corrected chi connectivity index (χ0v) is 15.3. The van der Waals surface area contributed by atoms with E-state index in [1.165, 1.54) is 4.70 Å². The first-order valence-electron chi connectivity index (χ1n) is 8.47. The molecule has 1 amide bonds. The smallest absolute Gasteiger partial charge is 0.220 e. The van der Waals surface area contributed by atoms with Crippen molar-refractivity contribution < 1.29 is 9.53 Å². The van der Waals surface area contributed by atoms with E-state index in [4.69, 9.17) is 4.74 Å². The van der Waals surface area contributed by atoms with Crippen LogP contribution in [0.25, 0.3) is 10.2 Å². The lowest BCUT2D eigenvalue weighted by Gasteiger charge is -2.17. The van der Waals surface area contributed by atoms with Crippen LogP contribution in [0.4, 0.5) is 0 Å². The van der Waals surface area contributed by atoms with E-state index in [9.17, 15) is 4.79 Å². The molecule has 0 saturated carbocycles. The van der Waals surface area contributed by atoms with Crippen LogP contribution in [-0.4, -0.2) is 18.0 Å². The molecule has 0 spiro atoms.